The van der Waals surface area contributed by atoms with Crippen molar-refractivity contribution in [3.05, 3.63) is 35.4 Å². The third-order valence-electron chi connectivity index (χ3n) is 2.31. The van der Waals surface area contributed by atoms with Gasteiger partial charge in [-0.25, -0.2) is 5.43 Å². The summed E-state index contributed by atoms with van der Waals surface area (Å²) in [6, 6.07) is 8.17. The van der Waals surface area contributed by atoms with Gasteiger partial charge in [-0.3, -0.25) is 0 Å². The van der Waals surface area contributed by atoms with Gasteiger partial charge >= 0.3 is 0 Å². The molecule has 0 aliphatic rings. The van der Waals surface area contributed by atoms with E-state index in [0.717, 1.165) is 5.56 Å². The van der Waals surface area contributed by atoms with Gasteiger partial charge in [-0.2, -0.15) is 5.10 Å². The Balaban J connectivity index is 0.00000289. The monoisotopic (exact) mass is 269 g/mol. The fraction of sp³-hybridized carbons (Fsp3) is 0.333. The normalized spacial score (nSPS) is 12.3. The van der Waals surface area contributed by atoms with Crippen LogP contribution in [0.3, 0.4) is 0 Å². The summed E-state index contributed by atoms with van der Waals surface area (Å²) in [5.41, 5.74) is 10.2. The molecule has 1 rings (SSSR count). The summed E-state index contributed by atoms with van der Waals surface area (Å²) in [6.45, 7) is 6.53. The number of hydrazone groups is 2. The summed E-state index contributed by atoms with van der Waals surface area (Å²) < 4.78 is 0. The van der Waals surface area contributed by atoms with Crippen molar-refractivity contribution in [2.45, 2.75) is 26.2 Å². The van der Waals surface area contributed by atoms with E-state index in [1.165, 1.54) is 5.56 Å². The Bertz CT molecular complexity index is 417. The summed E-state index contributed by atoms with van der Waals surface area (Å²) in [6.07, 6.45) is 1.66. The fourth-order valence-electron chi connectivity index (χ4n) is 1.27. The highest BCUT2D eigenvalue weighted by molar-refractivity contribution is 5.85. The standard InChI is InChI=1S/C12H19N5.ClH/c1-12(2,3)10-6-4-9(5-7-10)8-15-17-11(13)16-14;/h4-8H,14H2,1-3H3,(H3,13,16,17);1H/b15-8+;. The second-order valence-electron chi connectivity index (χ2n) is 4.76. The molecule has 6 heteroatoms. The molecule has 0 bridgehead atoms. The molecule has 0 atom stereocenters. The van der Waals surface area contributed by atoms with Crippen molar-refractivity contribution in [1.82, 2.24) is 5.43 Å². The second-order valence-corrected chi connectivity index (χ2v) is 4.76. The lowest BCUT2D eigenvalue weighted by Gasteiger charge is -2.18. The van der Waals surface area contributed by atoms with Gasteiger partial charge in [-0.1, -0.05) is 45.0 Å². The van der Waals surface area contributed by atoms with E-state index >= 15 is 0 Å². The molecule has 0 aliphatic heterocycles. The summed E-state index contributed by atoms with van der Waals surface area (Å²) in [4.78, 5) is 0. The van der Waals surface area contributed by atoms with Crippen LogP contribution in [0.1, 0.15) is 31.9 Å². The van der Waals surface area contributed by atoms with E-state index < -0.39 is 0 Å². The third kappa shape index (κ3) is 5.05. The Kier molecular flexibility index (Phi) is 6.19. The van der Waals surface area contributed by atoms with Gasteiger partial charge in [-0.05, 0) is 16.5 Å². The molecule has 0 saturated carbocycles. The summed E-state index contributed by atoms with van der Waals surface area (Å²) in [7, 11) is 0. The number of halogens is 1. The molecule has 100 valence electrons. The zero-order chi connectivity index (χ0) is 12.9. The molecule has 5 nitrogen and oxygen atoms in total. The predicted molar refractivity (Wildman–Crippen MR) is 78.9 cm³/mol. The maximum absolute atomic E-state index is 5.32. The van der Waals surface area contributed by atoms with Gasteiger partial charge in [0.25, 0.3) is 0 Å². The van der Waals surface area contributed by atoms with E-state index in [0.29, 0.717) is 0 Å². The number of hydrogen-bond donors (Lipinski definition) is 3. The molecule has 0 aliphatic carbocycles. The second kappa shape index (κ2) is 6.86. The highest BCUT2D eigenvalue weighted by Gasteiger charge is 2.12. The van der Waals surface area contributed by atoms with E-state index in [9.17, 15) is 0 Å². The SMILES string of the molecule is CC(C)(C)c1ccc(/C=N/NC(N)=NN)cc1.Cl. The molecular formula is C12H20ClN5. The van der Waals surface area contributed by atoms with Gasteiger partial charge in [0.05, 0.1) is 6.21 Å². The summed E-state index contributed by atoms with van der Waals surface area (Å²) in [5.74, 6) is 5.02. The van der Waals surface area contributed by atoms with Crippen molar-refractivity contribution < 1.29 is 0 Å². The highest BCUT2D eigenvalue weighted by Crippen LogP contribution is 2.21. The lowest BCUT2D eigenvalue weighted by atomic mass is 9.87. The first-order chi connectivity index (χ1) is 7.93. The quantitative estimate of drug-likeness (QED) is 0.329. The van der Waals surface area contributed by atoms with E-state index in [1.807, 2.05) is 12.1 Å². The van der Waals surface area contributed by atoms with Gasteiger partial charge in [-0.15, -0.1) is 17.5 Å². The fourth-order valence-corrected chi connectivity index (χ4v) is 1.27. The van der Waals surface area contributed by atoms with E-state index in [-0.39, 0.29) is 23.8 Å². The minimum absolute atomic E-state index is 0. The van der Waals surface area contributed by atoms with Gasteiger partial charge in [0, 0.05) is 0 Å². The van der Waals surface area contributed by atoms with Gasteiger partial charge in [0.1, 0.15) is 0 Å². The lowest BCUT2D eigenvalue weighted by Crippen LogP contribution is -2.28. The molecule has 0 saturated heterocycles. The van der Waals surface area contributed by atoms with Crippen LogP contribution in [0.25, 0.3) is 0 Å². The molecule has 0 unspecified atom stereocenters. The largest absolute Gasteiger partial charge is 0.367 e. The first-order valence-corrected chi connectivity index (χ1v) is 5.36. The van der Waals surface area contributed by atoms with Crippen molar-refractivity contribution >= 4 is 24.6 Å². The predicted octanol–water partition coefficient (Wildman–Crippen LogP) is 1.52. The number of guanidine groups is 1. The molecule has 0 spiro atoms. The average molecular weight is 270 g/mol. The number of nitrogens with zero attached hydrogens (tertiary/aromatic N) is 2. The minimum Gasteiger partial charge on any atom is -0.367 e. The maximum atomic E-state index is 5.32. The maximum Gasteiger partial charge on any atom is 0.231 e. The van der Waals surface area contributed by atoms with Crippen LogP contribution in [-0.4, -0.2) is 12.2 Å². The highest BCUT2D eigenvalue weighted by atomic mass is 35.5. The molecule has 5 N–H and O–H groups in total. The Labute approximate surface area is 114 Å². The van der Waals surface area contributed by atoms with Gasteiger partial charge in [0.2, 0.25) is 5.96 Å². The van der Waals surface area contributed by atoms with E-state index in [2.05, 4.69) is 48.5 Å². The van der Waals surface area contributed by atoms with Gasteiger partial charge in [0.15, 0.2) is 0 Å². The molecule has 1 aromatic rings. The molecule has 0 heterocycles. The topological polar surface area (TPSA) is 88.8 Å². The zero-order valence-electron chi connectivity index (χ0n) is 10.8. The van der Waals surface area contributed by atoms with Crippen LogP contribution < -0.4 is 17.0 Å². The Morgan fingerprint density at radius 1 is 1.22 bits per heavy atom. The van der Waals surface area contributed by atoms with Crippen molar-refractivity contribution in [2.75, 3.05) is 0 Å². The van der Waals surface area contributed by atoms with Crippen molar-refractivity contribution in [3.8, 4) is 0 Å². The van der Waals surface area contributed by atoms with Crippen LogP contribution in [0.15, 0.2) is 34.5 Å². The van der Waals surface area contributed by atoms with Crippen LogP contribution in [0, 0.1) is 0 Å². The Morgan fingerprint density at radius 2 is 1.78 bits per heavy atom. The van der Waals surface area contributed by atoms with E-state index in [1.54, 1.807) is 6.21 Å². The Hall–Kier alpha value is -1.75. The third-order valence-corrected chi connectivity index (χ3v) is 2.31. The molecule has 1 aromatic carbocycles. The van der Waals surface area contributed by atoms with Crippen LogP contribution in [-0.2, 0) is 5.41 Å². The lowest BCUT2D eigenvalue weighted by molar-refractivity contribution is 0.590. The minimum atomic E-state index is 0. The zero-order valence-corrected chi connectivity index (χ0v) is 11.7. The number of nitrogens with one attached hydrogen (secondary N) is 1. The van der Waals surface area contributed by atoms with E-state index in [4.69, 9.17) is 11.6 Å². The molecule has 0 aromatic heterocycles. The molecule has 0 radical (unpaired) electrons. The number of hydrogen-bond acceptors (Lipinski definition) is 3. The number of benzene rings is 1. The van der Waals surface area contributed by atoms with Gasteiger partial charge < -0.3 is 11.6 Å². The van der Waals surface area contributed by atoms with Crippen LogP contribution in [0.5, 0.6) is 0 Å². The van der Waals surface area contributed by atoms with Crippen LogP contribution in [0.2, 0.25) is 0 Å². The first-order valence-electron chi connectivity index (χ1n) is 5.36. The van der Waals surface area contributed by atoms with Crippen LogP contribution >= 0.6 is 12.4 Å². The number of nitrogens with two attached hydrogens (primary N) is 2. The van der Waals surface area contributed by atoms with Crippen LogP contribution in [0.4, 0.5) is 0 Å². The van der Waals surface area contributed by atoms with Crippen molar-refractivity contribution in [3.63, 3.8) is 0 Å². The van der Waals surface area contributed by atoms with Crippen molar-refractivity contribution in [2.24, 2.45) is 21.8 Å². The molecular weight excluding hydrogens is 250 g/mol. The average Bonchev–Trinajstić information content (AvgIpc) is 2.28. The summed E-state index contributed by atoms with van der Waals surface area (Å²) in [5, 5.41) is 7.13. The molecule has 0 amide bonds. The first kappa shape index (κ1) is 16.2. The Morgan fingerprint density at radius 3 is 2.22 bits per heavy atom. The molecule has 0 fully saturated rings. The molecule has 18 heavy (non-hydrogen) atoms. The number of rotatable bonds is 2. The van der Waals surface area contributed by atoms with Crippen molar-refractivity contribution in [1.29, 1.82) is 0 Å². The smallest absolute Gasteiger partial charge is 0.231 e. The summed E-state index contributed by atoms with van der Waals surface area (Å²) >= 11 is 0.